The molecule has 0 aliphatic rings. The number of rotatable bonds is 6. The van der Waals surface area contributed by atoms with Crippen LogP contribution in [0.2, 0.25) is 10.0 Å². The molecule has 1 atom stereocenters. The van der Waals surface area contributed by atoms with Crippen LogP contribution in [-0.2, 0) is 0 Å². The van der Waals surface area contributed by atoms with Crippen molar-refractivity contribution < 1.29 is 4.74 Å². The molecule has 2 nitrogen and oxygen atoms in total. The van der Waals surface area contributed by atoms with E-state index in [2.05, 4.69) is 26.1 Å². The van der Waals surface area contributed by atoms with Gasteiger partial charge in [0.15, 0.2) is 0 Å². The van der Waals surface area contributed by atoms with Crippen LogP contribution in [0.15, 0.2) is 18.2 Å². The lowest BCUT2D eigenvalue weighted by molar-refractivity contribution is 0.199. The zero-order chi connectivity index (χ0) is 13.8. The maximum atomic E-state index is 6.05. The summed E-state index contributed by atoms with van der Waals surface area (Å²) >= 11 is 12.0. The molecule has 1 aromatic carbocycles. The minimum absolute atomic E-state index is 0.0341. The van der Waals surface area contributed by atoms with E-state index in [9.17, 15) is 0 Å². The summed E-state index contributed by atoms with van der Waals surface area (Å²) in [4.78, 5) is 0. The first-order chi connectivity index (χ1) is 8.34. The van der Waals surface area contributed by atoms with Gasteiger partial charge in [-0.15, -0.1) is 0 Å². The molecule has 0 radical (unpaired) electrons. The zero-order valence-corrected chi connectivity index (χ0v) is 12.9. The summed E-state index contributed by atoms with van der Waals surface area (Å²) in [7, 11) is 0. The lowest BCUT2D eigenvalue weighted by Gasteiger charge is -2.27. The van der Waals surface area contributed by atoms with Gasteiger partial charge in [-0.1, -0.05) is 30.1 Å². The number of hydrogen-bond acceptors (Lipinski definition) is 2. The highest BCUT2D eigenvalue weighted by molar-refractivity contribution is 6.34. The van der Waals surface area contributed by atoms with Gasteiger partial charge in [0.25, 0.3) is 0 Å². The molecule has 1 rings (SSSR count). The van der Waals surface area contributed by atoms with Gasteiger partial charge in [-0.2, -0.15) is 0 Å². The van der Waals surface area contributed by atoms with Gasteiger partial charge < -0.3 is 10.1 Å². The van der Waals surface area contributed by atoms with Gasteiger partial charge in [-0.05, 0) is 39.3 Å². The molecule has 4 heteroatoms. The summed E-state index contributed by atoms with van der Waals surface area (Å²) in [5, 5.41) is 4.67. The highest BCUT2D eigenvalue weighted by atomic mass is 35.5. The van der Waals surface area contributed by atoms with Gasteiger partial charge in [-0.3, -0.25) is 0 Å². The molecule has 0 heterocycles. The van der Waals surface area contributed by atoms with Gasteiger partial charge in [-0.25, -0.2) is 0 Å². The summed E-state index contributed by atoms with van der Waals surface area (Å²) in [6.45, 7) is 9.28. The Morgan fingerprint density at radius 1 is 1.33 bits per heavy atom. The standard InChI is InChI=1S/C14H21Cl2NO/c1-5-14(3,4)17-9-10(2)18-13-8-11(15)6-7-12(13)16/h6-8,10,17H,5,9H2,1-4H3. The smallest absolute Gasteiger partial charge is 0.139 e. The van der Waals surface area contributed by atoms with Crippen molar-refractivity contribution in [2.45, 2.75) is 45.8 Å². The monoisotopic (exact) mass is 289 g/mol. The molecule has 102 valence electrons. The molecule has 0 amide bonds. The molecule has 0 aliphatic heterocycles. The van der Waals surface area contributed by atoms with Gasteiger partial charge >= 0.3 is 0 Å². The average molecular weight is 290 g/mol. The number of benzene rings is 1. The molecular weight excluding hydrogens is 269 g/mol. The Morgan fingerprint density at radius 2 is 2.00 bits per heavy atom. The van der Waals surface area contributed by atoms with Gasteiger partial charge in [0.1, 0.15) is 11.9 Å². The predicted molar refractivity (Wildman–Crippen MR) is 78.9 cm³/mol. The summed E-state index contributed by atoms with van der Waals surface area (Å²) in [5.74, 6) is 0.632. The van der Waals surface area contributed by atoms with E-state index >= 15 is 0 Å². The third kappa shape index (κ3) is 5.05. The number of hydrogen-bond donors (Lipinski definition) is 1. The Kier molecular flexibility index (Phi) is 5.77. The number of ether oxygens (including phenoxy) is 1. The number of nitrogens with one attached hydrogen (secondary N) is 1. The van der Waals surface area contributed by atoms with Crippen molar-refractivity contribution in [1.82, 2.24) is 5.32 Å². The third-order valence-corrected chi connectivity index (χ3v) is 3.52. The van der Waals surface area contributed by atoms with E-state index in [1.54, 1.807) is 18.2 Å². The summed E-state index contributed by atoms with van der Waals surface area (Å²) < 4.78 is 5.79. The predicted octanol–water partition coefficient (Wildman–Crippen LogP) is 4.54. The molecule has 1 N–H and O–H groups in total. The molecule has 0 fully saturated rings. The maximum absolute atomic E-state index is 6.05. The molecule has 0 bridgehead atoms. The summed E-state index contributed by atoms with van der Waals surface area (Å²) in [6, 6.07) is 5.24. The molecule has 18 heavy (non-hydrogen) atoms. The Bertz CT molecular complexity index is 393. The molecule has 0 aromatic heterocycles. The van der Waals surface area contributed by atoms with Crippen molar-refractivity contribution in [1.29, 1.82) is 0 Å². The molecule has 0 aliphatic carbocycles. The topological polar surface area (TPSA) is 21.3 Å². The van der Waals surface area contributed by atoms with Crippen LogP contribution in [0.4, 0.5) is 0 Å². The zero-order valence-electron chi connectivity index (χ0n) is 11.4. The van der Waals surface area contributed by atoms with Gasteiger partial charge in [0.05, 0.1) is 5.02 Å². The van der Waals surface area contributed by atoms with Crippen LogP contribution in [0.1, 0.15) is 34.1 Å². The molecule has 0 spiro atoms. The largest absolute Gasteiger partial charge is 0.488 e. The van der Waals surface area contributed by atoms with Crippen molar-refractivity contribution >= 4 is 23.2 Å². The van der Waals surface area contributed by atoms with Crippen molar-refractivity contribution in [3.05, 3.63) is 28.2 Å². The summed E-state index contributed by atoms with van der Waals surface area (Å²) in [5.41, 5.74) is 0.121. The van der Waals surface area contributed by atoms with Crippen molar-refractivity contribution in [2.24, 2.45) is 0 Å². The minimum Gasteiger partial charge on any atom is -0.488 e. The summed E-state index contributed by atoms with van der Waals surface area (Å²) in [6.07, 6.45) is 1.10. The first-order valence-electron chi connectivity index (χ1n) is 6.21. The fraction of sp³-hybridized carbons (Fsp3) is 0.571. The fourth-order valence-electron chi connectivity index (χ4n) is 1.37. The lowest BCUT2D eigenvalue weighted by atomic mass is 10.0. The first kappa shape index (κ1) is 15.6. The van der Waals surface area contributed by atoms with Crippen molar-refractivity contribution in [2.75, 3.05) is 6.54 Å². The van der Waals surface area contributed by atoms with Gasteiger partial charge in [0, 0.05) is 23.2 Å². The van der Waals surface area contributed by atoms with Crippen LogP contribution < -0.4 is 10.1 Å². The second-order valence-corrected chi connectivity index (χ2v) is 5.97. The second kappa shape index (κ2) is 6.65. The maximum Gasteiger partial charge on any atom is 0.139 e. The number of halogens is 2. The van der Waals surface area contributed by atoms with E-state index in [4.69, 9.17) is 27.9 Å². The fourth-order valence-corrected chi connectivity index (χ4v) is 1.70. The lowest BCUT2D eigenvalue weighted by Crippen LogP contribution is -2.43. The van der Waals surface area contributed by atoms with E-state index in [0.717, 1.165) is 13.0 Å². The Hall–Kier alpha value is -0.440. The molecule has 0 saturated carbocycles. The van der Waals surface area contributed by atoms with Crippen LogP contribution in [0, 0.1) is 0 Å². The molecule has 1 aromatic rings. The van der Waals surface area contributed by atoms with Crippen molar-refractivity contribution in [3.63, 3.8) is 0 Å². The second-order valence-electron chi connectivity index (χ2n) is 5.12. The molecular formula is C14H21Cl2NO. The van der Waals surface area contributed by atoms with Crippen LogP contribution in [-0.4, -0.2) is 18.2 Å². The highest BCUT2D eigenvalue weighted by Crippen LogP contribution is 2.28. The quantitative estimate of drug-likeness (QED) is 0.830. The minimum atomic E-state index is 0.0341. The van der Waals surface area contributed by atoms with Gasteiger partial charge in [0.2, 0.25) is 0 Å². The Labute approximate surface area is 120 Å². The molecule has 0 saturated heterocycles. The normalized spacial score (nSPS) is 13.4. The molecule has 1 unspecified atom stereocenters. The van der Waals surface area contributed by atoms with E-state index in [-0.39, 0.29) is 11.6 Å². The van der Waals surface area contributed by atoms with Crippen molar-refractivity contribution in [3.8, 4) is 5.75 Å². The van der Waals surface area contributed by atoms with E-state index < -0.39 is 0 Å². The third-order valence-electron chi connectivity index (χ3n) is 2.97. The SMILES string of the molecule is CCC(C)(C)NCC(C)Oc1cc(Cl)ccc1Cl. The van der Waals surface area contributed by atoms with E-state index in [1.165, 1.54) is 0 Å². The Morgan fingerprint density at radius 3 is 2.61 bits per heavy atom. The van der Waals surface area contributed by atoms with Crippen LogP contribution >= 0.6 is 23.2 Å². The highest BCUT2D eigenvalue weighted by Gasteiger charge is 2.16. The van der Waals surface area contributed by atoms with E-state index in [1.807, 2.05) is 6.92 Å². The Balaban J connectivity index is 2.54. The van der Waals surface area contributed by atoms with E-state index in [0.29, 0.717) is 15.8 Å². The van der Waals surface area contributed by atoms with Crippen LogP contribution in [0.3, 0.4) is 0 Å². The van der Waals surface area contributed by atoms with Crippen LogP contribution in [0.25, 0.3) is 0 Å². The van der Waals surface area contributed by atoms with Crippen LogP contribution in [0.5, 0.6) is 5.75 Å². The first-order valence-corrected chi connectivity index (χ1v) is 6.96. The average Bonchev–Trinajstić information content (AvgIpc) is 2.31.